The van der Waals surface area contributed by atoms with Gasteiger partial charge in [0.1, 0.15) is 11.4 Å². The number of aryl methyl sites for hydroxylation is 2. The molecule has 0 aliphatic heterocycles. The predicted octanol–water partition coefficient (Wildman–Crippen LogP) is 9.24. The number of unbranched alkanes of at least 4 members (excludes halogenated alkanes) is 2. The van der Waals surface area contributed by atoms with Gasteiger partial charge in [-0.3, -0.25) is 0 Å². The Labute approximate surface area is 243 Å². The highest BCUT2D eigenvalue weighted by molar-refractivity contribution is 6.03. The molecule has 1 heterocycles. The third-order valence-electron chi connectivity index (χ3n) is 7.78. The van der Waals surface area contributed by atoms with Crippen molar-refractivity contribution < 1.29 is 14.6 Å². The van der Waals surface area contributed by atoms with Crippen molar-refractivity contribution in [1.29, 1.82) is 0 Å². The van der Waals surface area contributed by atoms with Gasteiger partial charge in [-0.05, 0) is 60.9 Å². The topological polar surface area (TPSA) is 54.7 Å². The number of fused-ring (bicyclic) bond motifs is 2. The summed E-state index contributed by atoms with van der Waals surface area (Å²) in [6.45, 7) is 6.41. The van der Waals surface area contributed by atoms with Crippen LogP contribution in [0.4, 0.5) is 11.4 Å². The molecule has 0 aliphatic rings. The minimum absolute atomic E-state index is 0.412. The van der Waals surface area contributed by atoms with E-state index in [4.69, 9.17) is 4.74 Å². The number of carboxylic acid groups (broad SMARTS) is 1. The van der Waals surface area contributed by atoms with Gasteiger partial charge in [0, 0.05) is 29.5 Å². The smallest absolute Gasteiger partial charge is 0.352 e. The first-order chi connectivity index (χ1) is 20.1. The van der Waals surface area contributed by atoms with Crippen LogP contribution < -0.4 is 9.64 Å². The first-order valence-corrected chi connectivity index (χ1v) is 14.9. The highest BCUT2D eigenvalue weighted by Crippen LogP contribution is 2.38. The Morgan fingerprint density at radius 1 is 0.805 bits per heavy atom. The summed E-state index contributed by atoms with van der Waals surface area (Å²) in [6.07, 6.45) is 5.39. The summed E-state index contributed by atoms with van der Waals surface area (Å²) >= 11 is 0. The van der Waals surface area contributed by atoms with Crippen LogP contribution in [0.25, 0.3) is 21.7 Å². The lowest BCUT2D eigenvalue weighted by molar-refractivity contribution is 0.0684. The fourth-order valence-corrected chi connectivity index (χ4v) is 5.78. The number of hydrogen-bond acceptors (Lipinski definition) is 3. The second kappa shape index (κ2) is 13.4. The normalized spacial score (nSPS) is 11.3. The summed E-state index contributed by atoms with van der Waals surface area (Å²) in [7, 11) is 0. The van der Waals surface area contributed by atoms with Crippen molar-refractivity contribution in [3.8, 4) is 5.75 Å². The molecule has 0 unspecified atom stereocenters. The summed E-state index contributed by atoms with van der Waals surface area (Å²) in [4.78, 5) is 15.2. The molecule has 5 nitrogen and oxygen atoms in total. The quantitative estimate of drug-likeness (QED) is 0.141. The van der Waals surface area contributed by atoms with E-state index < -0.39 is 5.97 Å². The summed E-state index contributed by atoms with van der Waals surface area (Å²) in [5, 5.41) is 13.8. The van der Waals surface area contributed by atoms with Crippen molar-refractivity contribution in [2.45, 2.75) is 58.9 Å². The molecule has 5 rings (SSSR count). The maximum atomic E-state index is 12.8. The molecular formula is C36H40N2O3. The van der Waals surface area contributed by atoms with E-state index in [-0.39, 0.29) is 0 Å². The van der Waals surface area contributed by atoms with E-state index in [0.717, 1.165) is 83.0 Å². The number of para-hydroxylation sites is 2. The molecule has 0 saturated carbocycles. The van der Waals surface area contributed by atoms with Crippen LogP contribution in [0, 0.1) is 0 Å². The Hall–Kier alpha value is -4.25. The zero-order valence-corrected chi connectivity index (χ0v) is 24.2. The predicted molar refractivity (Wildman–Crippen MR) is 170 cm³/mol. The molecule has 212 valence electrons. The Balaban J connectivity index is 1.52. The summed E-state index contributed by atoms with van der Waals surface area (Å²) in [6, 6.07) is 31.1. The van der Waals surface area contributed by atoms with Gasteiger partial charge in [-0.25, -0.2) is 4.79 Å². The number of anilines is 2. The van der Waals surface area contributed by atoms with E-state index in [1.807, 2.05) is 30.3 Å². The Kier molecular flexibility index (Phi) is 9.25. The van der Waals surface area contributed by atoms with Crippen LogP contribution in [-0.4, -0.2) is 28.8 Å². The van der Waals surface area contributed by atoms with Crippen molar-refractivity contribution in [2.75, 3.05) is 18.1 Å². The first kappa shape index (κ1) is 28.3. The number of nitrogens with zero attached hydrogens (tertiary/aromatic N) is 2. The number of carboxylic acids is 1. The number of benzene rings is 4. The number of aromatic carboxylic acids is 1. The average Bonchev–Trinajstić information content (AvgIpc) is 3.33. The SMILES string of the molecule is CCCCN(c1ccccc1)c1cccc2c(CCCOc3cccc4ccccc34)c(C(=O)O)n(CCCC)c12. The lowest BCUT2D eigenvalue weighted by Gasteiger charge is -2.26. The number of hydrogen-bond donors (Lipinski definition) is 1. The zero-order valence-electron chi connectivity index (χ0n) is 24.2. The van der Waals surface area contributed by atoms with Crippen LogP contribution in [0.1, 0.15) is 62.0 Å². The summed E-state index contributed by atoms with van der Waals surface area (Å²) in [5.74, 6) is -0.00307. The number of aromatic nitrogens is 1. The molecule has 1 N–H and O–H groups in total. The summed E-state index contributed by atoms with van der Waals surface area (Å²) in [5.41, 5.74) is 4.52. The molecule has 5 heteroatoms. The van der Waals surface area contributed by atoms with Gasteiger partial charge in [0.2, 0.25) is 0 Å². The van der Waals surface area contributed by atoms with Crippen LogP contribution in [0.5, 0.6) is 5.75 Å². The van der Waals surface area contributed by atoms with Gasteiger partial charge in [0.05, 0.1) is 17.8 Å². The monoisotopic (exact) mass is 548 g/mol. The summed E-state index contributed by atoms with van der Waals surface area (Å²) < 4.78 is 8.30. The third kappa shape index (κ3) is 6.09. The first-order valence-electron chi connectivity index (χ1n) is 14.9. The highest BCUT2D eigenvalue weighted by atomic mass is 16.5. The molecule has 0 amide bonds. The largest absolute Gasteiger partial charge is 0.493 e. The van der Waals surface area contributed by atoms with Crippen molar-refractivity contribution in [3.05, 3.63) is 102 Å². The van der Waals surface area contributed by atoms with E-state index in [9.17, 15) is 9.90 Å². The van der Waals surface area contributed by atoms with Crippen LogP contribution in [0.15, 0.2) is 91.0 Å². The van der Waals surface area contributed by atoms with E-state index in [0.29, 0.717) is 25.3 Å². The van der Waals surface area contributed by atoms with E-state index in [1.54, 1.807) is 0 Å². The lowest BCUT2D eigenvalue weighted by atomic mass is 10.0. The van der Waals surface area contributed by atoms with Gasteiger partial charge in [-0.15, -0.1) is 0 Å². The van der Waals surface area contributed by atoms with Gasteiger partial charge in [0.15, 0.2) is 0 Å². The highest BCUT2D eigenvalue weighted by Gasteiger charge is 2.25. The maximum absolute atomic E-state index is 12.8. The number of rotatable bonds is 14. The van der Waals surface area contributed by atoms with Gasteiger partial charge in [-0.2, -0.15) is 0 Å². The molecule has 1 aromatic heterocycles. The van der Waals surface area contributed by atoms with Crippen molar-refractivity contribution in [2.24, 2.45) is 0 Å². The fourth-order valence-electron chi connectivity index (χ4n) is 5.78. The molecule has 0 atom stereocenters. The molecule has 41 heavy (non-hydrogen) atoms. The van der Waals surface area contributed by atoms with Crippen LogP contribution in [-0.2, 0) is 13.0 Å². The maximum Gasteiger partial charge on any atom is 0.352 e. The molecule has 0 spiro atoms. The van der Waals surface area contributed by atoms with E-state index in [1.165, 1.54) is 0 Å². The molecule has 5 aromatic rings. The fraction of sp³-hybridized carbons (Fsp3) is 0.306. The van der Waals surface area contributed by atoms with Gasteiger partial charge in [0.25, 0.3) is 0 Å². The van der Waals surface area contributed by atoms with Crippen LogP contribution in [0.3, 0.4) is 0 Å². The Morgan fingerprint density at radius 2 is 1.51 bits per heavy atom. The molecular weight excluding hydrogens is 508 g/mol. The molecule has 4 aromatic carbocycles. The van der Waals surface area contributed by atoms with Crippen LogP contribution in [0.2, 0.25) is 0 Å². The molecule has 0 fully saturated rings. The van der Waals surface area contributed by atoms with E-state index in [2.05, 4.69) is 84.0 Å². The van der Waals surface area contributed by atoms with Crippen molar-refractivity contribution >= 4 is 39.0 Å². The zero-order chi connectivity index (χ0) is 28.6. The minimum atomic E-state index is -0.868. The molecule has 0 radical (unpaired) electrons. The van der Waals surface area contributed by atoms with Crippen molar-refractivity contribution in [3.63, 3.8) is 0 Å². The van der Waals surface area contributed by atoms with Gasteiger partial charge >= 0.3 is 5.97 Å². The number of ether oxygens (including phenoxy) is 1. The number of carbonyl (C=O) groups is 1. The van der Waals surface area contributed by atoms with Gasteiger partial charge < -0.3 is 19.3 Å². The second-order valence-corrected chi connectivity index (χ2v) is 10.6. The van der Waals surface area contributed by atoms with Crippen molar-refractivity contribution in [1.82, 2.24) is 4.57 Å². The molecule has 0 aliphatic carbocycles. The van der Waals surface area contributed by atoms with Crippen LogP contribution >= 0.6 is 0 Å². The minimum Gasteiger partial charge on any atom is -0.493 e. The second-order valence-electron chi connectivity index (χ2n) is 10.6. The average molecular weight is 549 g/mol. The Morgan fingerprint density at radius 3 is 2.29 bits per heavy atom. The lowest BCUT2D eigenvalue weighted by Crippen LogP contribution is -2.20. The molecule has 0 bridgehead atoms. The molecule has 0 saturated heterocycles. The standard InChI is InChI=1S/C36H40N2O3/c1-3-5-24-37(28-17-8-7-9-18-28)32-22-13-20-30-31(35(36(39)40)38(34(30)32)25-6-4-2)21-14-26-41-33-23-12-16-27-15-10-11-19-29(27)33/h7-13,15-20,22-23H,3-6,14,21,24-26H2,1-2H3,(H,39,40). The van der Waals surface area contributed by atoms with Gasteiger partial charge in [-0.1, -0.05) is 93.4 Å². The Bertz CT molecular complexity index is 1600. The third-order valence-corrected chi connectivity index (χ3v) is 7.78. The van der Waals surface area contributed by atoms with E-state index >= 15 is 0 Å².